The van der Waals surface area contributed by atoms with Gasteiger partial charge in [-0.2, -0.15) is 0 Å². The third-order valence-electron chi connectivity index (χ3n) is 6.17. The van der Waals surface area contributed by atoms with Gasteiger partial charge in [0.15, 0.2) is 0 Å². The lowest BCUT2D eigenvalue weighted by Gasteiger charge is -2.31. The van der Waals surface area contributed by atoms with Crippen molar-refractivity contribution in [1.82, 2.24) is 15.1 Å². The van der Waals surface area contributed by atoms with E-state index in [1.54, 1.807) is 28.8 Å². The van der Waals surface area contributed by atoms with Crippen LogP contribution in [0.25, 0.3) is 0 Å². The van der Waals surface area contributed by atoms with Crippen LogP contribution in [0.1, 0.15) is 41.3 Å². The first-order valence-corrected chi connectivity index (χ1v) is 12.3. The number of rotatable bonds is 6. The van der Waals surface area contributed by atoms with Crippen LogP contribution < -0.4 is 5.32 Å². The highest BCUT2D eigenvalue weighted by atomic mass is 32.2. The lowest BCUT2D eigenvalue weighted by molar-refractivity contribution is -0.124. The minimum absolute atomic E-state index is 0.0734. The third-order valence-corrected chi connectivity index (χ3v) is 7.19. The first-order valence-electron chi connectivity index (χ1n) is 11.1. The molecular weight excluding hydrogens is 406 g/mol. The van der Waals surface area contributed by atoms with Crippen molar-refractivity contribution in [2.45, 2.75) is 38.9 Å². The summed E-state index contributed by atoms with van der Waals surface area (Å²) < 4.78 is 0. The van der Waals surface area contributed by atoms with Gasteiger partial charge in [0.1, 0.15) is 6.04 Å². The van der Waals surface area contributed by atoms with E-state index in [2.05, 4.69) is 35.3 Å². The monoisotopic (exact) mass is 437 g/mol. The van der Waals surface area contributed by atoms with Crippen molar-refractivity contribution in [2.24, 2.45) is 5.92 Å². The fourth-order valence-electron chi connectivity index (χ4n) is 4.46. The van der Waals surface area contributed by atoms with Gasteiger partial charge >= 0.3 is 0 Å². The zero-order valence-corrected chi connectivity index (χ0v) is 18.9. The van der Waals surface area contributed by atoms with E-state index in [1.165, 1.54) is 18.4 Å². The molecule has 2 saturated heterocycles. The van der Waals surface area contributed by atoms with Gasteiger partial charge in [-0.15, -0.1) is 11.8 Å². The molecular formula is C25H31N3O2S. The van der Waals surface area contributed by atoms with E-state index in [0.29, 0.717) is 23.7 Å². The number of nitrogens with one attached hydrogen (secondary N) is 1. The second kappa shape index (κ2) is 10.3. The number of piperidine rings is 1. The molecule has 0 aromatic heterocycles. The molecule has 0 bridgehead atoms. The van der Waals surface area contributed by atoms with Crippen LogP contribution in [0.2, 0.25) is 0 Å². The molecule has 6 heteroatoms. The number of hydrogen-bond donors (Lipinski definition) is 1. The topological polar surface area (TPSA) is 52.7 Å². The van der Waals surface area contributed by atoms with Crippen molar-refractivity contribution < 1.29 is 9.59 Å². The number of carbonyl (C=O) groups excluding carboxylic acids is 2. The Kier molecular flexibility index (Phi) is 7.30. The van der Waals surface area contributed by atoms with Crippen LogP contribution in [-0.4, -0.2) is 52.4 Å². The summed E-state index contributed by atoms with van der Waals surface area (Å²) in [4.78, 5) is 30.1. The van der Waals surface area contributed by atoms with E-state index in [9.17, 15) is 9.59 Å². The zero-order chi connectivity index (χ0) is 21.6. The first kappa shape index (κ1) is 21.9. The molecule has 2 aromatic carbocycles. The standard InChI is InChI=1S/C25H31N3O2S/c1-19-8-7-13-27(15-19)16-22-12-6-5-11-21(22)14-26-24(29)23-17-31-18-28(23)25(30)20-9-3-2-4-10-20/h2-6,9-12,19,23H,7-8,13-18H2,1H3,(H,26,29). The fourth-order valence-corrected chi connectivity index (χ4v) is 5.62. The molecule has 2 unspecified atom stereocenters. The normalized spacial score (nSPS) is 21.8. The zero-order valence-electron chi connectivity index (χ0n) is 18.1. The van der Waals surface area contributed by atoms with Crippen molar-refractivity contribution in [3.05, 3.63) is 71.3 Å². The molecule has 2 atom stereocenters. The molecule has 0 spiro atoms. The summed E-state index contributed by atoms with van der Waals surface area (Å²) >= 11 is 1.63. The maximum absolute atomic E-state index is 13.0. The summed E-state index contributed by atoms with van der Waals surface area (Å²) in [6, 6.07) is 17.1. The molecule has 2 amide bonds. The van der Waals surface area contributed by atoms with Crippen LogP contribution in [0.15, 0.2) is 54.6 Å². The van der Waals surface area contributed by atoms with Crippen molar-refractivity contribution >= 4 is 23.6 Å². The van der Waals surface area contributed by atoms with Crippen LogP contribution in [0, 0.1) is 5.92 Å². The molecule has 0 aliphatic carbocycles. The van der Waals surface area contributed by atoms with Gasteiger partial charge in [-0.3, -0.25) is 14.5 Å². The summed E-state index contributed by atoms with van der Waals surface area (Å²) in [6.07, 6.45) is 2.57. The van der Waals surface area contributed by atoms with Gasteiger partial charge < -0.3 is 10.2 Å². The molecule has 164 valence electrons. The number of carbonyl (C=O) groups is 2. The summed E-state index contributed by atoms with van der Waals surface area (Å²) in [5.41, 5.74) is 3.06. The Morgan fingerprint density at radius 3 is 2.58 bits per heavy atom. The molecule has 2 aliphatic heterocycles. The third kappa shape index (κ3) is 5.49. The molecule has 0 radical (unpaired) electrons. The van der Waals surface area contributed by atoms with E-state index in [1.807, 2.05) is 24.3 Å². The number of likely N-dealkylation sites (tertiary alicyclic amines) is 1. The number of hydrogen-bond acceptors (Lipinski definition) is 4. The Hall–Kier alpha value is -2.31. The smallest absolute Gasteiger partial charge is 0.255 e. The van der Waals surface area contributed by atoms with Crippen LogP contribution in [0.3, 0.4) is 0 Å². The summed E-state index contributed by atoms with van der Waals surface area (Å²) in [7, 11) is 0. The Balaban J connectivity index is 1.38. The van der Waals surface area contributed by atoms with Gasteiger partial charge in [0, 0.05) is 31.0 Å². The maximum atomic E-state index is 13.0. The Bertz CT molecular complexity index is 905. The quantitative estimate of drug-likeness (QED) is 0.748. The Labute approximate surface area is 189 Å². The predicted molar refractivity (Wildman–Crippen MR) is 126 cm³/mol. The molecule has 2 heterocycles. The van der Waals surface area contributed by atoms with E-state index >= 15 is 0 Å². The molecule has 4 rings (SSSR count). The lowest BCUT2D eigenvalue weighted by atomic mass is 9.99. The summed E-state index contributed by atoms with van der Waals surface area (Å²) in [5, 5.41) is 3.10. The van der Waals surface area contributed by atoms with Crippen LogP contribution in [0.5, 0.6) is 0 Å². The van der Waals surface area contributed by atoms with Crippen LogP contribution in [-0.2, 0) is 17.9 Å². The minimum atomic E-state index is -0.423. The van der Waals surface area contributed by atoms with Crippen molar-refractivity contribution in [3.63, 3.8) is 0 Å². The Morgan fingerprint density at radius 2 is 1.81 bits per heavy atom. The molecule has 1 N–H and O–H groups in total. The summed E-state index contributed by atoms with van der Waals surface area (Å²) in [6.45, 7) is 6.01. The van der Waals surface area contributed by atoms with E-state index in [0.717, 1.165) is 31.1 Å². The van der Waals surface area contributed by atoms with E-state index in [4.69, 9.17) is 0 Å². The highest BCUT2D eigenvalue weighted by molar-refractivity contribution is 7.99. The van der Waals surface area contributed by atoms with Gasteiger partial charge in [-0.05, 0) is 48.6 Å². The molecule has 2 aliphatic rings. The average Bonchev–Trinajstić information content (AvgIpc) is 3.28. The lowest BCUT2D eigenvalue weighted by Crippen LogP contribution is -2.47. The van der Waals surface area contributed by atoms with Gasteiger partial charge in [0.25, 0.3) is 5.91 Å². The van der Waals surface area contributed by atoms with Gasteiger partial charge in [0.05, 0.1) is 5.88 Å². The molecule has 31 heavy (non-hydrogen) atoms. The maximum Gasteiger partial charge on any atom is 0.255 e. The molecule has 2 fully saturated rings. The highest BCUT2D eigenvalue weighted by Gasteiger charge is 2.35. The molecule has 2 aromatic rings. The van der Waals surface area contributed by atoms with Crippen LogP contribution in [0.4, 0.5) is 0 Å². The predicted octanol–water partition coefficient (Wildman–Crippen LogP) is 3.75. The number of amides is 2. The van der Waals surface area contributed by atoms with Crippen LogP contribution >= 0.6 is 11.8 Å². The Morgan fingerprint density at radius 1 is 1.06 bits per heavy atom. The second-order valence-electron chi connectivity index (χ2n) is 8.63. The number of benzene rings is 2. The van der Waals surface area contributed by atoms with Crippen molar-refractivity contribution in [2.75, 3.05) is 24.7 Å². The average molecular weight is 438 g/mol. The van der Waals surface area contributed by atoms with Crippen molar-refractivity contribution in [3.8, 4) is 0 Å². The first-order chi connectivity index (χ1) is 15.1. The second-order valence-corrected chi connectivity index (χ2v) is 9.63. The minimum Gasteiger partial charge on any atom is -0.350 e. The molecule has 0 saturated carbocycles. The number of thioether (sulfide) groups is 1. The van der Waals surface area contributed by atoms with Crippen molar-refractivity contribution in [1.29, 1.82) is 0 Å². The van der Waals surface area contributed by atoms with E-state index in [-0.39, 0.29) is 11.8 Å². The van der Waals surface area contributed by atoms with Gasteiger partial charge in [0.2, 0.25) is 5.91 Å². The fraction of sp³-hybridized carbons (Fsp3) is 0.440. The largest absolute Gasteiger partial charge is 0.350 e. The SMILES string of the molecule is CC1CCCN(Cc2ccccc2CNC(=O)C2CSCN2C(=O)c2ccccc2)C1. The highest BCUT2D eigenvalue weighted by Crippen LogP contribution is 2.24. The van der Waals surface area contributed by atoms with Gasteiger partial charge in [-0.1, -0.05) is 49.4 Å². The summed E-state index contributed by atoms with van der Waals surface area (Å²) in [5.74, 6) is 1.78. The molecule has 5 nitrogen and oxygen atoms in total. The van der Waals surface area contributed by atoms with Gasteiger partial charge in [-0.25, -0.2) is 0 Å². The number of nitrogens with zero attached hydrogens (tertiary/aromatic N) is 2. The van der Waals surface area contributed by atoms with E-state index < -0.39 is 6.04 Å².